The average molecular weight is 1840 g/mol. The molecule has 3 aliphatic carbocycles. The van der Waals surface area contributed by atoms with E-state index in [1.54, 1.807) is 78.9 Å². The fraction of sp³-hybridized carbons (Fsp3) is 0.640. The number of aromatic nitrogens is 2. The van der Waals surface area contributed by atoms with Crippen molar-refractivity contribution in [2.24, 2.45) is 53.1 Å². The number of nitrogens with one attached hydrogen (secondary N) is 7. The zero-order valence-corrected chi connectivity index (χ0v) is 77.7. The predicted molar refractivity (Wildman–Crippen MR) is 472 cm³/mol. The van der Waals surface area contributed by atoms with Crippen molar-refractivity contribution < 1.29 is 125 Å². The number of ether oxygens (including phenoxy) is 8. The van der Waals surface area contributed by atoms with E-state index >= 15 is 0 Å². The first kappa shape index (κ1) is 108. The van der Waals surface area contributed by atoms with E-state index < -0.39 is 113 Å². The van der Waals surface area contributed by atoms with Gasteiger partial charge in [0.1, 0.15) is 93.7 Å². The molecule has 3 saturated carbocycles. The van der Waals surface area contributed by atoms with Gasteiger partial charge in [-0.2, -0.15) is 0 Å². The van der Waals surface area contributed by atoms with Crippen LogP contribution in [0.1, 0.15) is 206 Å². The Bertz CT molecular complexity index is 4540. The number of ketones is 3. The molecule has 7 heterocycles. The second-order valence-corrected chi connectivity index (χ2v) is 35.7. The lowest BCUT2D eigenvalue weighted by atomic mass is 9.97. The molecule has 2 aromatic heterocycles. The minimum absolute atomic E-state index is 0. The van der Waals surface area contributed by atoms with Crippen molar-refractivity contribution in [2.75, 3.05) is 75.4 Å². The molecule has 0 bridgehead atoms. The number of halogens is 2. The molecule has 11 N–H and O–H groups in total. The third-order valence-electron chi connectivity index (χ3n) is 23.2. The Labute approximate surface area is 758 Å². The van der Waals surface area contributed by atoms with E-state index in [1.807, 2.05) is 51.1 Å². The molecular weight excluding hydrogens is 1710 g/mol. The van der Waals surface area contributed by atoms with Crippen molar-refractivity contribution in [1.82, 2.24) is 51.3 Å². The van der Waals surface area contributed by atoms with Crippen molar-refractivity contribution >= 4 is 142 Å². The number of fused-ring (bicyclic) bond motifs is 2. The van der Waals surface area contributed by atoms with Gasteiger partial charge in [-0.3, -0.25) is 53.0 Å². The lowest BCUT2D eigenvalue weighted by molar-refractivity contribution is -0.146. The minimum atomic E-state index is -0.969. The number of nitrogens with zero attached hydrogens (tertiary/aromatic N) is 3. The Balaban J connectivity index is 0.000000281. The number of hydrogen-bond donors (Lipinski definition) is 10. The van der Waals surface area contributed by atoms with Crippen LogP contribution in [0.15, 0.2) is 48.5 Å². The van der Waals surface area contributed by atoms with Gasteiger partial charge in [-0.1, -0.05) is 39.8 Å². The van der Waals surface area contributed by atoms with Gasteiger partial charge < -0.3 is 95.3 Å². The van der Waals surface area contributed by atoms with Crippen molar-refractivity contribution in [3.63, 3.8) is 0 Å². The molecule has 128 heavy (non-hydrogen) atoms. The Kier molecular flexibility index (Phi) is 41.9. The van der Waals surface area contributed by atoms with Crippen LogP contribution >= 0.6 is 24.8 Å². The Hall–Kier alpha value is -10.7. The lowest BCUT2D eigenvalue weighted by Gasteiger charge is -2.29. The number of carboxylic acid groups (broad SMARTS) is 2. The number of carbonyl (C=O) groups excluding carboxylic acids is 14. The fourth-order valence-corrected chi connectivity index (χ4v) is 16.8. The number of rotatable bonds is 23. The molecule has 2 aromatic carbocycles. The SMILES string of the molecule is COC(=O)[C@@H](N)C[C@@H]1CCNC1=O.COC(=O)[C@H](C[C@@H]1CCCC1=O)NC(=O)[C@@H]1C[C@@H](C)CN1.COC(=O)[C@H](C[C@@H]1CCCC1=O)NC(=O)[C@@H]1C[C@@H](C)CN1C(=O)OC(C)(C)C.COC(=O)[C@H](C[C@@H]1CCCC1=O)NC(=O)[C@@H]1C[C@@H](C)CN1C(=O)c1cc2c(OC)cccc2[nH]1.COc1cccc2[nH]c(C(=O)O)cc12.C[C@@H]1C[C@@H](C(=O)O)N(C(=O)OC(C)(C)C)C1.Cl.Cl. The number of esters is 4. The molecule has 12 rings (SSSR count). The molecule has 4 aromatic rings. The summed E-state index contributed by atoms with van der Waals surface area (Å²) < 4.78 is 40.0. The fourth-order valence-electron chi connectivity index (χ4n) is 16.8. The smallest absolute Gasteiger partial charge is 0.411 e. The van der Waals surface area contributed by atoms with Crippen LogP contribution in [0, 0.1) is 47.3 Å². The van der Waals surface area contributed by atoms with E-state index in [4.69, 9.17) is 49.1 Å². The van der Waals surface area contributed by atoms with Gasteiger partial charge in [0.15, 0.2) is 0 Å². The zero-order valence-electron chi connectivity index (χ0n) is 76.0. The number of hydrogen-bond acceptors (Lipinski definition) is 26. The first-order valence-electron chi connectivity index (χ1n) is 43.1. The highest BCUT2D eigenvalue weighted by molar-refractivity contribution is 6.03. The molecule has 16 atom stereocenters. The van der Waals surface area contributed by atoms with Crippen LogP contribution in [-0.4, -0.2) is 265 Å². The molecule has 37 nitrogen and oxygen atoms in total. The summed E-state index contributed by atoms with van der Waals surface area (Å²) in [4.78, 5) is 202. The van der Waals surface area contributed by atoms with E-state index in [2.05, 4.69) is 48.2 Å². The molecule has 712 valence electrons. The second kappa shape index (κ2) is 49.8. The van der Waals surface area contributed by atoms with E-state index in [-0.39, 0.29) is 126 Å². The summed E-state index contributed by atoms with van der Waals surface area (Å²) in [5, 5.41) is 33.4. The predicted octanol–water partition coefficient (Wildman–Crippen LogP) is 8.34. The number of nitrogens with two attached hydrogens (primary N) is 1. The van der Waals surface area contributed by atoms with Crippen LogP contribution in [0.5, 0.6) is 11.5 Å². The monoisotopic (exact) mass is 1840 g/mol. The number of aromatic amines is 2. The van der Waals surface area contributed by atoms with Gasteiger partial charge in [0.2, 0.25) is 23.6 Å². The topological polar surface area (TPSA) is 515 Å². The van der Waals surface area contributed by atoms with Gasteiger partial charge in [-0.05, 0) is 204 Å². The number of likely N-dealkylation sites (tertiary alicyclic amines) is 3. The summed E-state index contributed by atoms with van der Waals surface area (Å²) >= 11 is 0. The second-order valence-electron chi connectivity index (χ2n) is 35.7. The molecule has 8 aliphatic rings. The summed E-state index contributed by atoms with van der Waals surface area (Å²) in [6.45, 7) is 21.3. The number of carboxylic acids is 2. The van der Waals surface area contributed by atoms with Crippen LogP contribution < -0.4 is 41.8 Å². The summed E-state index contributed by atoms with van der Waals surface area (Å²) in [6.07, 6.45) is 9.34. The standard InChI is InChI=1S/C25H31N3O6.C20H32N2O6.C15H24N2O4.C11H19NO4.C10H9NO3.C8H14N2O3.2ClH/c1-14-10-20(23(30)27-19(25(32)34-3)11-15-6-4-8-21(15)29)28(13-14)24(31)18-12-16-17(26-18)7-5-9-22(16)33-2;1-12-9-15(22(11-12)19(26)28-20(2,3)4)17(24)21-14(18(25)27-5)10-13-7-6-8-16(13)23;1-9-6-11(16-8-9)14(19)17-12(15(20)21-2)7-10-4-3-5-13(10)18;1-7-5-8(9(13)14)12(6-7)10(15)16-11(2,3)4;1-14-9-4-2-3-7-6(9)5-8(11-7)10(12)13;1-13-8(12)6(9)4-5-2-3-10-7(5)11;;/h5,7,9,12,14-15,19-20,26H,4,6,8,10-11,13H2,1-3H3,(H,27,30);12-15H,6-11H2,1-5H3,(H,21,24);9-12,16H,3-8H2,1-2H3,(H,17,19);7-8H,5-6H2,1-4H3,(H,13,14);2-5,11H,1H3,(H,12,13);5-6H,2-4,9H2,1H3,(H,10,11);2*1H/t14-,15+,19+,20+;12-,13+,14+,15+;9-,10+,11+,12+;7-,8+;;5-,6-;;/m1111.0../s1. The normalized spacial score (nSPS) is 23.6. The molecule has 39 heteroatoms. The van der Waals surface area contributed by atoms with E-state index in [9.17, 15) is 76.7 Å². The molecule has 5 aliphatic heterocycles. The van der Waals surface area contributed by atoms with E-state index in [0.29, 0.717) is 113 Å². The quantitative estimate of drug-likeness (QED) is 0.0246. The van der Waals surface area contributed by atoms with Crippen LogP contribution in [-0.2, 0) is 86.0 Å². The summed E-state index contributed by atoms with van der Waals surface area (Å²) in [6, 6.07) is 8.56. The first-order chi connectivity index (χ1) is 59.4. The molecule has 0 spiro atoms. The van der Waals surface area contributed by atoms with Crippen LogP contribution in [0.3, 0.4) is 0 Å². The number of aliphatic carboxylic acids is 1. The first-order valence-corrected chi connectivity index (χ1v) is 43.1. The molecular formula is C89H131Cl2N11O26. The third-order valence-corrected chi connectivity index (χ3v) is 23.2. The van der Waals surface area contributed by atoms with Crippen molar-refractivity contribution in [2.45, 2.75) is 244 Å². The van der Waals surface area contributed by atoms with Crippen molar-refractivity contribution in [3.05, 3.63) is 59.9 Å². The van der Waals surface area contributed by atoms with Gasteiger partial charge in [0.05, 0.1) is 48.7 Å². The third kappa shape index (κ3) is 31.1. The van der Waals surface area contributed by atoms with Crippen molar-refractivity contribution in [1.29, 1.82) is 0 Å². The number of benzene rings is 2. The summed E-state index contributed by atoms with van der Waals surface area (Å²) in [7, 11) is 8.23. The van der Waals surface area contributed by atoms with E-state index in [1.165, 1.54) is 38.2 Å². The minimum Gasteiger partial charge on any atom is -0.496 e. The van der Waals surface area contributed by atoms with Gasteiger partial charge in [0, 0.05) is 90.9 Å². The molecule has 0 radical (unpaired) electrons. The van der Waals surface area contributed by atoms with E-state index in [0.717, 1.165) is 66.9 Å². The van der Waals surface area contributed by atoms with Gasteiger partial charge in [0.25, 0.3) is 5.91 Å². The van der Waals surface area contributed by atoms with Crippen molar-refractivity contribution in [3.8, 4) is 11.5 Å². The van der Waals surface area contributed by atoms with Gasteiger partial charge >= 0.3 is 48.0 Å². The highest BCUT2D eigenvalue weighted by Crippen LogP contribution is 2.35. The number of amides is 7. The number of aromatic carboxylic acids is 1. The maximum Gasteiger partial charge on any atom is 0.411 e. The highest BCUT2D eigenvalue weighted by Gasteiger charge is 2.46. The van der Waals surface area contributed by atoms with Crippen LogP contribution in [0.4, 0.5) is 9.59 Å². The highest BCUT2D eigenvalue weighted by atomic mass is 35.5. The van der Waals surface area contributed by atoms with Crippen LogP contribution in [0.25, 0.3) is 21.8 Å². The Morgan fingerprint density at radius 2 is 0.867 bits per heavy atom. The zero-order chi connectivity index (χ0) is 93.4. The number of H-pyrrole nitrogens is 2. The maximum atomic E-state index is 13.4. The molecule has 7 amide bonds. The summed E-state index contributed by atoms with van der Waals surface area (Å²) in [5.74, 6) is -3.46. The maximum absolute atomic E-state index is 13.4. The Morgan fingerprint density at radius 3 is 1.22 bits per heavy atom. The molecule has 0 unspecified atom stereocenters. The van der Waals surface area contributed by atoms with Gasteiger partial charge in [-0.15, -0.1) is 24.8 Å². The summed E-state index contributed by atoms with van der Waals surface area (Å²) in [5.41, 5.74) is 6.33. The number of carbonyl (C=O) groups is 16. The number of methoxy groups -OCH3 is 6. The molecule has 8 fully saturated rings. The molecule has 5 saturated heterocycles. The Morgan fingerprint density at radius 1 is 0.484 bits per heavy atom. The van der Waals surface area contributed by atoms with Crippen LogP contribution in [0.2, 0.25) is 0 Å². The lowest BCUT2D eigenvalue weighted by Crippen LogP contribution is -2.52. The van der Waals surface area contributed by atoms with Gasteiger partial charge in [-0.25, -0.2) is 33.6 Å². The number of Topliss-reactive ketones (excluding diaryl/α,β-unsaturated/α-hetero) is 3. The average Bonchev–Trinajstić information content (AvgIpc) is 1.64. The largest absolute Gasteiger partial charge is 0.496 e.